The van der Waals surface area contributed by atoms with Gasteiger partial charge in [-0.1, -0.05) is 29.2 Å². The van der Waals surface area contributed by atoms with Crippen molar-refractivity contribution in [1.29, 1.82) is 0 Å². The summed E-state index contributed by atoms with van der Waals surface area (Å²) >= 11 is 7.63. The molecule has 0 saturated heterocycles. The van der Waals surface area contributed by atoms with E-state index in [1.807, 2.05) is 23.6 Å². The maximum atomic E-state index is 6.06. The van der Waals surface area contributed by atoms with Crippen LogP contribution in [0.3, 0.4) is 0 Å². The predicted molar refractivity (Wildman–Crippen MR) is 64.6 cm³/mol. The summed E-state index contributed by atoms with van der Waals surface area (Å²) in [6.07, 6.45) is 0. The number of nitrogen functional groups attached to an aromatic ring is 1. The maximum Gasteiger partial charge on any atom is 0.115 e. The number of anilines is 1. The highest BCUT2D eigenvalue weighted by Crippen LogP contribution is 2.31. The summed E-state index contributed by atoms with van der Waals surface area (Å²) in [4.78, 5) is 1.06. The first-order valence-electron chi connectivity index (χ1n) is 4.06. The zero-order valence-electron chi connectivity index (χ0n) is 7.33. The van der Waals surface area contributed by atoms with Crippen LogP contribution in [0.2, 0.25) is 5.02 Å². The predicted octanol–water partition coefficient (Wildman–Crippen LogP) is 2.44. The summed E-state index contributed by atoms with van der Waals surface area (Å²) < 4.78 is 0. The quantitative estimate of drug-likeness (QED) is 0.579. The Bertz CT molecular complexity index is 467. The second kappa shape index (κ2) is 3.68. The first-order valence-corrected chi connectivity index (χ1v) is 5.32. The van der Waals surface area contributed by atoms with Crippen LogP contribution in [0.15, 0.2) is 29.6 Å². The smallest absolute Gasteiger partial charge is 0.115 e. The van der Waals surface area contributed by atoms with Gasteiger partial charge in [0.05, 0.1) is 5.02 Å². The van der Waals surface area contributed by atoms with Gasteiger partial charge < -0.3 is 5.73 Å². The molecule has 0 saturated carbocycles. The molecule has 1 nitrogen and oxygen atoms in total. The topological polar surface area (TPSA) is 26.0 Å². The molecule has 2 aromatic rings. The molecule has 0 fully saturated rings. The number of nitrogens with two attached hydrogens (primary N) is 1. The second-order valence-corrected chi connectivity index (χ2v) is 4.30. The summed E-state index contributed by atoms with van der Waals surface area (Å²) in [5.41, 5.74) is 8.01. The fraction of sp³-hybridized carbons (Fsp3) is 0. The lowest BCUT2D eigenvalue weighted by molar-refractivity contribution is 1.68. The van der Waals surface area contributed by atoms with E-state index in [-0.39, 0.29) is 0 Å². The Morgan fingerprint density at radius 3 is 2.64 bits per heavy atom. The van der Waals surface area contributed by atoms with Gasteiger partial charge in [0.25, 0.3) is 0 Å². The largest absolute Gasteiger partial charge is 0.399 e. The average molecular weight is 220 g/mol. The number of halogens is 1. The Hall–Kier alpha value is -0.925. The highest BCUT2D eigenvalue weighted by Gasteiger charge is 2.05. The lowest BCUT2D eigenvalue weighted by Crippen LogP contribution is -1.93. The van der Waals surface area contributed by atoms with E-state index in [4.69, 9.17) is 25.2 Å². The van der Waals surface area contributed by atoms with Crippen LogP contribution < -0.4 is 11.2 Å². The molecular weight excluding hydrogens is 212 g/mol. The maximum absolute atomic E-state index is 6.06. The van der Waals surface area contributed by atoms with Gasteiger partial charge in [-0.25, -0.2) is 0 Å². The molecule has 4 heteroatoms. The summed E-state index contributed by atoms with van der Waals surface area (Å²) in [5, 5.41) is 2.55. The number of thiophene rings is 1. The summed E-state index contributed by atoms with van der Waals surface area (Å²) in [7, 11) is 5.64. The minimum absolute atomic E-state index is 0.659. The third-order valence-electron chi connectivity index (χ3n) is 1.88. The lowest BCUT2D eigenvalue weighted by Gasteiger charge is -2.01. The van der Waals surface area contributed by atoms with Gasteiger partial charge in [-0.3, -0.25) is 0 Å². The molecule has 14 heavy (non-hydrogen) atoms. The van der Waals surface area contributed by atoms with Crippen LogP contribution in [-0.4, -0.2) is 7.85 Å². The van der Waals surface area contributed by atoms with Crippen molar-refractivity contribution < 1.29 is 0 Å². The fourth-order valence-corrected chi connectivity index (χ4v) is 2.41. The first kappa shape index (κ1) is 9.62. The van der Waals surface area contributed by atoms with E-state index in [0.29, 0.717) is 10.7 Å². The van der Waals surface area contributed by atoms with Crippen molar-refractivity contribution in [3.8, 4) is 10.4 Å². The van der Waals surface area contributed by atoms with E-state index in [0.717, 1.165) is 15.9 Å². The minimum atomic E-state index is 0.659. The number of rotatable bonds is 1. The van der Waals surface area contributed by atoms with Crippen LogP contribution in [0, 0.1) is 0 Å². The third-order valence-corrected chi connectivity index (χ3v) is 3.17. The Balaban J connectivity index is 2.52. The van der Waals surface area contributed by atoms with Crippen molar-refractivity contribution in [3.63, 3.8) is 0 Å². The second-order valence-electron chi connectivity index (χ2n) is 2.98. The van der Waals surface area contributed by atoms with Crippen LogP contribution in [0.25, 0.3) is 10.4 Å². The Kier molecular flexibility index (Phi) is 2.53. The monoisotopic (exact) mass is 219 g/mol. The van der Waals surface area contributed by atoms with Crippen molar-refractivity contribution >= 4 is 41.9 Å². The van der Waals surface area contributed by atoms with Crippen LogP contribution in [-0.2, 0) is 0 Å². The normalized spacial score (nSPS) is 10.4. The Labute approximate surface area is 92.9 Å². The van der Waals surface area contributed by atoms with E-state index in [2.05, 4.69) is 0 Å². The summed E-state index contributed by atoms with van der Waals surface area (Å²) in [6, 6.07) is 7.38. The van der Waals surface area contributed by atoms with Crippen LogP contribution in [0.5, 0.6) is 0 Å². The molecule has 2 N–H and O–H groups in total. The fourth-order valence-electron chi connectivity index (χ4n) is 1.22. The zero-order valence-corrected chi connectivity index (χ0v) is 8.90. The van der Waals surface area contributed by atoms with E-state index in [1.165, 1.54) is 0 Å². The van der Waals surface area contributed by atoms with Gasteiger partial charge in [-0.2, -0.15) is 0 Å². The Morgan fingerprint density at radius 1 is 1.29 bits per heavy atom. The standard InChI is InChI=1S/C10H7BClNS/c11-6-3-10(14-5-6)8-2-1-7(13)4-9(8)12/h1-5H,13H2. The molecule has 0 atom stereocenters. The number of hydrogen-bond donors (Lipinski definition) is 1. The molecule has 0 aliphatic rings. The van der Waals surface area contributed by atoms with Crippen molar-refractivity contribution in [3.05, 3.63) is 34.7 Å². The van der Waals surface area contributed by atoms with E-state index >= 15 is 0 Å². The molecule has 0 unspecified atom stereocenters. The molecule has 0 aliphatic heterocycles. The van der Waals surface area contributed by atoms with Crippen LogP contribution in [0.1, 0.15) is 0 Å². The molecule has 0 amide bonds. The highest BCUT2D eigenvalue weighted by molar-refractivity contribution is 7.14. The lowest BCUT2D eigenvalue weighted by atomic mass is 9.99. The molecule has 0 aliphatic carbocycles. The summed E-state index contributed by atoms with van der Waals surface area (Å²) in [6.45, 7) is 0. The van der Waals surface area contributed by atoms with E-state index in [9.17, 15) is 0 Å². The van der Waals surface area contributed by atoms with Gasteiger partial charge in [0.2, 0.25) is 0 Å². The molecule has 1 aromatic carbocycles. The molecule has 1 aromatic heterocycles. The first-order chi connectivity index (χ1) is 6.66. The number of benzene rings is 1. The molecule has 0 spiro atoms. The molecule has 0 bridgehead atoms. The van der Waals surface area contributed by atoms with Gasteiger partial charge in [0.1, 0.15) is 7.85 Å². The van der Waals surface area contributed by atoms with Crippen LogP contribution in [0.4, 0.5) is 5.69 Å². The van der Waals surface area contributed by atoms with Crippen molar-refractivity contribution in [2.75, 3.05) is 5.73 Å². The molecule has 2 radical (unpaired) electrons. The zero-order chi connectivity index (χ0) is 10.1. The van der Waals surface area contributed by atoms with Crippen molar-refractivity contribution in [1.82, 2.24) is 0 Å². The molecular formula is C10H7BClNS. The average Bonchev–Trinajstić information content (AvgIpc) is 2.51. The third kappa shape index (κ3) is 1.79. The van der Waals surface area contributed by atoms with Crippen LogP contribution >= 0.6 is 22.9 Å². The van der Waals surface area contributed by atoms with Gasteiger partial charge in [-0.15, -0.1) is 11.3 Å². The molecule has 1 heterocycles. The van der Waals surface area contributed by atoms with Crippen molar-refractivity contribution in [2.45, 2.75) is 0 Å². The van der Waals surface area contributed by atoms with E-state index < -0.39 is 0 Å². The van der Waals surface area contributed by atoms with Gasteiger partial charge in [0.15, 0.2) is 0 Å². The van der Waals surface area contributed by atoms with Gasteiger partial charge in [-0.05, 0) is 17.5 Å². The highest BCUT2D eigenvalue weighted by atomic mass is 35.5. The minimum Gasteiger partial charge on any atom is -0.399 e. The molecule has 68 valence electrons. The number of hydrogen-bond acceptors (Lipinski definition) is 2. The summed E-state index contributed by atoms with van der Waals surface area (Å²) in [5.74, 6) is 0. The Morgan fingerprint density at radius 2 is 2.07 bits per heavy atom. The molecule has 2 rings (SSSR count). The van der Waals surface area contributed by atoms with Gasteiger partial charge in [0, 0.05) is 16.1 Å². The van der Waals surface area contributed by atoms with E-state index in [1.54, 1.807) is 17.4 Å². The SMILES string of the molecule is [B]c1csc(-c2ccc(N)cc2Cl)c1. The van der Waals surface area contributed by atoms with Gasteiger partial charge >= 0.3 is 0 Å². The van der Waals surface area contributed by atoms with Crippen molar-refractivity contribution in [2.24, 2.45) is 0 Å².